The number of H-pyrrole nitrogens is 1. The second-order valence-corrected chi connectivity index (χ2v) is 5.36. The zero-order valence-corrected chi connectivity index (χ0v) is 10.4. The van der Waals surface area contributed by atoms with Gasteiger partial charge in [-0.05, 0) is 22.9 Å². The van der Waals surface area contributed by atoms with Gasteiger partial charge in [-0.25, -0.2) is 4.98 Å². The van der Waals surface area contributed by atoms with Gasteiger partial charge in [-0.15, -0.1) is 0 Å². The van der Waals surface area contributed by atoms with Crippen LogP contribution in [0.5, 0.6) is 0 Å². The van der Waals surface area contributed by atoms with Gasteiger partial charge in [0.05, 0.1) is 4.47 Å². The van der Waals surface area contributed by atoms with E-state index in [0.717, 1.165) is 16.0 Å². The highest BCUT2D eigenvalue weighted by atomic mass is 79.9. The molecule has 1 aromatic heterocycles. The molecule has 13 heavy (non-hydrogen) atoms. The summed E-state index contributed by atoms with van der Waals surface area (Å²) in [5.41, 5.74) is 1.08. The third-order valence-electron chi connectivity index (χ3n) is 2.08. The van der Waals surface area contributed by atoms with Crippen molar-refractivity contribution in [3.05, 3.63) is 20.6 Å². The largest absolute Gasteiger partial charge is 0.346 e. The third kappa shape index (κ3) is 1.82. The van der Waals surface area contributed by atoms with Crippen molar-refractivity contribution < 1.29 is 0 Å². The van der Waals surface area contributed by atoms with Gasteiger partial charge in [0.2, 0.25) is 0 Å². The summed E-state index contributed by atoms with van der Waals surface area (Å²) in [6.45, 7) is 2.01. The average molecular weight is 277 g/mol. The summed E-state index contributed by atoms with van der Waals surface area (Å²) in [5.74, 6) is 3.96. The number of thioether (sulfide) groups is 1. The van der Waals surface area contributed by atoms with E-state index in [2.05, 4.69) is 25.9 Å². The fourth-order valence-electron chi connectivity index (χ4n) is 1.18. The van der Waals surface area contributed by atoms with Crippen LogP contribution < -0.4 is 0 Å². The Kier molecular flexibility index (Phi) is 2.76. The van der Waals surface area contributed by atoms with Crippen LogP contribution in [-0.2, 0) is 0 Å². The molecule has 1 N–H and O–H groups in total. The van der Waals surface area contributed by atoms with Crippen molar-refractivity contribution in [3.8, 4) is 0 Å². The molecule has 2 heterocycles. The topological polar surface area (TPSA) is 28.7 Å². The maximum absolute atomic E-state index is 5.13. The van der Waals surface area contributed by atoms with Crippen LogP contribution in [-0.4, -0.2) is 21.5 Å². The molecule has 0 bridgehead atoms. The Morgan fingerprint density at radius 3 is 2.77 bits per heavy atom. The zero-order valence-electron chi connectivity index (χ0n) is 7.13. The number of nitrogens with zero attached hydrogens (tertiary/aromatic N) is 1. The molecule has 70 valence electrons. The maximum atomic E-state index is 5.13. The Balaban J connectivity index is 2.43. The Hall–Kier alpha value is 0.130. The number of aromatic amines is 1. The Morgan fingerprint density at radius 1 is 1.62 bits per heavy atom. The Labute approximate surface area is 94.7 Å². The van der Waals surface area contributed by atoms with Crippen molar-refractivity contribution in [2.24, 2.45) is 0 Å². The van der Waals surface area contributed by atoms with E-state index in [0.29, 0.717) is 10.6 Å². The summed E-state index contributed by atoms with van der Waals surface area (Å²) in [7, 11) is 0. The Morgan fingerprint density at radius 2 is 2.31 bits per heavy atom. The molecule has 2 nitrogen and oxygen atoms in total. The van der Waals surface area contributed by atoms with Crippen LogP contribution in [0.15, 0.2) is 4.47 Å². The molecule has 0 saturated carbocycles. The van der Waals surface area contributed by atoms with Gasteiger partial charge in [-0.3, -0.25) is 0 Å². The van der Waals surface area contributed by atoms with Crippen LogP contribution in [0.2, 0.25) is 0 Å². The first kappa shape index (κ1) is 9.68. The molecule has 1 aromatic rings. The number of nitrogens with one attached hydrogen (secondary N) is 1. The number of aryl methyl sites for hydroxylation is 1. The molecule has 1 saturated heterocycles. The lowest BCUT2D eigenvalue weighted by atomic mass is 10.2. The van der Waals surface area contributed by atoms with Gasteiger partial charge in [0.15, 0.2) is 0 Å². The van der Waals surface area contributed by atoms with Gasteiger partial charge in [0.1, 0.15) is 10.5 Å². The number of hydrogen-bond acceptors (Lipinski definition) is 3. The van der Waals surface area contributed by atoms with Crippen LogP contribution in [0.4, 0.5) is 0 Å². The highest BCUT2D eigenvalue weighted by Crippen LogP contribution is 2.32. The lowest BCUT2D eigenvalue weighted by Gasteiger charge is -2.24. The molecular weight excluding hydrogens is 268 g/mol. The lowest BCUT2D eigenvalue weighted by molar-refractivity contribution is 0.750. The fourth-order valence-corrected chi connectivity index (χ4v) is 2.41. The molecule has 1 aliphatic heterocycles. The second-order valence-electron chi connectivity index (χ2n) is 3.10. The minimum absolute atomic E-state index is 0.582. The number of hydrogen-bond donors (Lipinski definition) is 1. The predicted molar refractivity (Wildman–Crippen MR) is 61.9 cm³/mol. The van der Waals surface area contributed by atoms with Crippen molar-refractivity contribution >= 4 is 39.9 Å². The lowest BCUT2D eigenvalue weighted by Crippen LogP contribution is -2.19. The summed E-state index contributed by atoms with van der Waals surface area (Å²) in [6, 6.07) is 0. The molecule has 1 aliphatic rings. The molecule has 0 amide bonds. The monoisotopic (exact) mass is 276 g/mol. The van der Waals surface area contributed by atoms with E-state index in [9.17, 15) is 0 Å². The smallest absolute Gasteiger partial charge is 0.144 e. The quantitative estimate of drug-likeness (QED) is 0.800. The van der Waals surface area contributed by atoms with E-state index in [4.69, 9.17) is 12.2 Å². The fraction of sp³-hybridized carbons (Fsp3) is 0.500. The van der Waals surface area contributed by atoms with Crippen LogP contribution in [0.25, 0.3) is 0 Å². The van der Waals surface area contributed by atoms with Gasteiger partial charge < -0.3 is 4.98 Å². The molecule has 2 rings (SSSR count). The number of aromatic nitrogens is 2. The molecule has 0 unspecified atom stereocenters. The van der Waals surface area contributed by atoms with E-state index in [1.807, 2.05) is 18.7 Å². The number of halogens is 1. The van der Waals surface area contributed by atoms with Gasteiger partial charge in [0, 0.05) is 23.1 Å². The van der Waals surface area contributed by atoms with Gasteiger partial charge in [-0.1, -0.05) is 12.2 Å². The van der Waals surface area contributed by atoms with Crippen molar-refractivity contribution in [3.63, 3.8) is 0 Å². The first-order valence-electron chi connectivity index (χ1n) is 4.02. The van der Waals surface area contributed by atoms with Crippen molar-refractivity contribution in [1.29, 1.82) is 0 Å². The first-order valence-corrected chi connectivity index (χ1v) is 6.38. The average Bonchev–Trinajstić information content (AvgIpc) is 1.96. The van der Waals surface area contributed by atoms with Crippen LogP contribution >= 0.6 is 39.9 Å². The molecular formula is C8H9BrN2S2. The highest BCUT2D eigenvalue weighted by molar-refractivity contribution is 9.10. The van der Waals surface area contributed by atoms with Gasteiger partial charge in [0.25, 0.3) is 0 Å². The van der Waals surface area contributed by atoms with Gasteiger partial charge >= 0.3 is 0 Å². The van der Waals surface area contributed by atoms with E-state index in [1.54, 1.807) is 0 Å². The predicted octanol–water partition coefficient (Wildman–Crippen LogP) is 3.04. The van der Waals surface area contributed by atoms with Crippen molar-refractivity contribution in [2.75, 3.05) is 11.5 Å². The molecule has 0 aromatic carbocycles. The first-order chi connectivity index (χ1) is 6.18. The van der Waals surface area contributed by atoms with Crippen LogP contribution in [0, 0.1) is 11.6 Å². The summed E-state index contributed by atoms with van der Waals surface area (Å²) in [4.78, 5) is 7.63. The zero-order chi connectivity index (χ0) is 9.42. The summed E-state index contributed by atoms with van der Waals surface area (Å²) in [5, 5.41) is 0. The summed E-state index contributed by atoms with van der Waals surface area (Å²) >= 11 is 10.5. The van der Waals surface area contributed by atoms with E-state index >= 15 is 0 Å². The van der Waals surface area contributed by atoms with Crippen LogP contribution in [0.1, 0.15) is 17.4 Å². The molecule has 0 radical (unpaired) electrons. The minimum Gasteiger partial charge on any atom is -0.346 e. The molecule has 5 heteroatoms. The summed E-state index contributed by atoms with van der Waals surface area (Å²) < 4.78 is 1.58. The Bertz CT molecular complexity index is 384. The molecule has 0 atom stereocenters. The normalized spacial score (nSPS) is 17.1. The van der Waals surface area contributed by atoms with Crippen molar-refractivity contribution in [1.82, 2.24) is 9.97 Å². The maximum Gasteiger partial charge on any atom is 0.144 e. The number of rotatable bonds is 1. The van der Waals surface area contributed by atoms with E-state index in [1.165, 1.54) is 11.5 Å². The molecule has 0 spiro atoms. The summed E-state index contributed by atoms with van der Waals surface area (Å²) in [6.07, 6.45) is 0. The van der Waals surface area contributed by atoms with E-state index in [-0.39, 0.29) is 0 Å². The standard InChI is InChI=1S/C8H9BrN2S2/c1-4-6(9)8(12)11-7(10-4)5-2-13-3-5/h5H,2-3H2,1H3,(H,10,11,12). The van der Waals surface area contributed by atoms with E-state index < -0.39 is 0 Å². The highest BCUT2D eigenvalue weighted by Gasteiger charge is 2.22. The van der Waals surface area contributed by atoms with Crippen molar-refractivity contribution in [2.45, 2.75) is 12.8 Å². The van der Waals surface area contributed by atoms with Gasteiger partial charge in [-0.2, -0.15) is 11.8 Å². The molecule has 0 aliphatic carbocycles. The third-order valence-corrected chi connectivity index (χ3v) is 4.88. The SMILES string of the molecule is Cc1[nH]c(C2CSC2)nc(=S)c1Br. The second kappa shape index (κ2) is 3.71. The minimum atomic E-state index is 0.582. The van der Waals surface area contributed by atoms with Crippen LogP contribution in [0.3, 0.4) is 0 Å². The molecule has 1 fully saturated rings.